The molecule has 0 atom stereocenters. The van der Waals surface area contributed by atoms with E-state index in [-0.39, 0.29) is 23.5 Å². The number of aromatic nitrogens is 1. The zero-order valence-electron chi connectivity index (χ0n) is 12.1. The van der Waals surface area contributed by atoms with Gasteiger partial charge in [0, 0.05) is 26.3 Å². The minimum Gasteiger partial charge on any atom is -0.396 e. The van der Waals surface area contributed by atoms with Crippen LogP contribution >= 0.6 is 0 Å². The summed E-state index contributed by atoms with van der Waals surface area (Å²) in [6.07, 6.45) is 1.54. The van der Waals surface area contributed by atoms with E-state index in [0.29, 0.717) is 18.8 Å². The summed E-state index contributed by atoms with van der Waals surface area (Å²) < 4.78 is 0. The number of aliphatic hydroxyl groups is 1. The highest BCUT2D eigenvalue weighted by Crippen LogP contribution is 2.27. The number of pyridine rings is 1. The second kappa shape index (κ2) is 7.04. The third kappa shape index (κ3) is 4.65. The SMILES string of the molecule is CNc1ccc([N+](=O)[O-])c(NCC(C)(C)CCCO)n1. The zero-order valence-corrected chi connectivity index (χ0v) is 12.1. The molecule has 1 aromatic heterocycles. The summed E-state index contributed by atoms with van der Waals surface area (Å²) in [4.78, 5) is 14.7. The van der Waals surface area contributed by atoms with Crippen LogP contribution in [0.15, 0.2) is 12.1 Å². The van der Waals surface area contributed by atoms with E-state index in [1.165, 1.54) is 6.07 Å². The smallest absolute Gasteiger partial charge is 0.311 e. The van der Waals surface area contributed by atoms with Gasteiger partial charge < -0.3 is 15.7 Å². The zero-order chi connectivity index (χ0) is 15.2. The summed E-state index contributed by atoms with van der Waals surface area (Å²) in [5.41, 5.74) is -0.115. The molecule has 0 saturated carbocycles. The van der Waals surface area contributed by atoms with Gasteiger partial charge in [-0.1, -0.05) is 13.8 Å². The van der Waals surface area contributed by atoms with E-state index in [2.05, 4.69) is 15.6 Å². The summed E-state index contributed by atoms with van der Waals surface area (Å²) in [7, 11) is 1.71. The number of rotatable bonds is 8. The Labute approximate surface area is 118 Å². The highest BCUT2D eigenvalue weighted by molar-refractivity contribution is 5.60. The first-order chi connectivity index (χ1) is 9.39. The van der Waals surface area contributed by atoms with E-state index >= 15 is 0 Å². The van der Waals surface area contributed by atoms with Gasteiger partial charge in [0.25, 0.3) is 0 Å². The van der Waals surface area contributed by atoms with Crippen molar-refractivity contribution in [2.24, 2.45) is 5.41 Å². The van der Waals surface area contributed by atoms with Crippen LogP contribution in [0.2, 0.25) is 0 Å². The average Bonchev–Trinajstić information content (AvgIpc) is 2.42. The monoisotopic (exact) mass is 282 g/mol. The number of nitrogens with one attached hydrogen (secondary N) is 2. The molecular formula is C13H22N4O3. The molecule has 0 bridgehead atoms. The van der Waals surface area contributed by atoms with Crippen molar-refractivity contribution in [3.8, 4) is 0 Å². The van der Waals surface area contributed by atoms with Gasteiger partial charge in [-0.05, 0) is 24.3 Å². The molecule has 1 rings (SSSR count). The van der Waals surface area contributed by atoms with Gasteiger partial charge in [-0.25, -0.2) is 4.98 Å². The predicted molar refractivity (Wildman–Crippen MR) is 79.0 cm³/mol. The molecule has 0 aliphatic carbocycles. The Morgan fingerprint density at radius 1 is 1.45 bits per heavy atom. The second-order valence-corrected chi connectivity index (χ2v) is 5.42. The van der Waals surface area contributed by atoms with Crippen LogP contribution < -0.4 is 10.6 Å². The van der Waals surface area contributed by atoms with Crippen molar-refractivity contribution in [2.75, 3.05) is 30.8 Å². The van der Waals surface area contributed by atoms with Gasteiger partial charge in [0.2, 0.25) is 5.82 Å². The summed E-state index contributed by atoms with van der Waals surface area (Å²) in [5, 5.41) is 25.8. The molecule has 7 heteroatoms. The Kier molecular flexibility index (Phi) is 5.69. The van der Waals surface area contributed by atoms with Crippen LogP contribution in [-0.4, -0.2) is 35.2 Å². The molecule has 112 valence electrons. The normalized spacial score (nSPS) is 11.2. The van der Waals surface area contributed by atoms with E-state index in [0.717, 1.165) is 6.42 Å². The highest BCUT2D eigenvalue weighted by Gasteiger charge is 2.21. The highest BCUT2D eigenvalue weighted by atomic mass is 16.6. The molecular weight excluding hydrogens is 260 g/mol. The van der Waals surface area contributed by atoms with Crippen molar-refractivity contribution < 1.29 is 10.0 Å². The fourth-order valence-electron chi connectivity index (χ4n) is 1.84. The molecule has 0 fully saturated rings. The average molecular weight is 282 g/mol. The molecule has 0 saturated heterocycles. The molecule has 0 aliphatic heterocycles. The van der Waals surface area contributed by atoms with Crippen LogP contribution in [0.5, 0.6) is 0 Å². The van der Waals surface area contributed by atoms with Gasteiger partial charge in [-0.2, -0.15) is 0 Å². The topological polar surface area (TPSA) is 100 Å². The van der Waals surface area contributed by atoms with Crippen LogP contribution in [0.25, 0.3) is 0 Å². The Morgan fingerprint density at radius 2 is 2.15 bits per heavy atom. The fraction of sp³-hybridized carbons (Fsp3) is 0.615. The van der Waals surface area contributed by atoms with Crippen LogP contribution in [0.1, 0.15) is 26.7 Å². The van der Waals surface area contributed by atoms with Gasteiger partial charge in [0.15, 0.2) is 0 Å². The number of anilines is 2. The summed E-state index contributed by atoms with van der Waals surface area (Å²) >= 11 is 0. The lowest BCUT2D eigenvalue weighted by molar-refractivity contribution is -0.384. The first-order valence-electron chi connectivity index (χ1n) is 6.57. The number of aliphatic hydroxyl groups excluding tert-OH is 1. The van der Waals surface area contributed by atoms with E-state index < -0.39 is 4.92 Å². The van der Waals surface area contributed by atoms with Gasteiger partial charge in [0.05, 0.1) is 4.92 Å². The van der Waals surface area contributed by atoms with Crippen molar-refractivity contribution in [1.29, 1.82) is 0 Å². The van der Waals surface area contributed by atoms with Crippen LogP contribution in [0, 0.1) is 15.5 Å². The minimum atomic E-state index is -0.449. The maximum atomic E-state index is 11.0. The van der Waals surface area contributed by atoms with Crippen LogP contribution in [0.3, 0.4) is 0 Å². The predicted octanol–water partition coefficient (Wildman–Crippen LogP) is 2.24. The van der Waals surface area contributed by atoms with Crippen LogP contribution in [-0.2, 0) is 0 Å². The number of nitrogens with zero attached hydrogens (tertiary/aromatic N) is 2. The summed E-state index contributed by atoms with van der Waals surface area (Å²) in [6, 6.07) is 3.00. The standard InChI is InChI=1S/C13H22N4O3/c1-13(2,7-4-8-18)9-15-12-10(17(19)20)5-6-11(14-3)16-12/h5-6,18H,4,7-9H2,1-3H3,(H2,14,15,16). The van der Waals surface area contributed by atoms with Crippen molar-refractivity contribution >= 4 is 17.3 Å². The number of nitro groups is 1. The van der Waals surface area contributed by atoms with Crippen LogP contribution in [0.4, 0.5) is 17.3 Å². The molecule has 0 aromatic carbocycles. The Morgan fingerprint density at radius 3 is 2.70 bits per heavy atom. The lowest BCUT2D eigenvalue weighted by Crippen LogP contribution is -2.24. The Hall–Kier alpha value is -1.89. The van der Waals surface area contributed by atoms with Crippen molar-refractivity contribution in [1.82, 2.24) is 4.98 Å². The van der Waals surface area contributed by atoms with Gasteiger partial charge >= 0.3 is 5.69 Å². The van der Waals surface area contributed by atoms with Gasteiger partial charge in [0.1, 0.15) is 5.82 Å². The summed E-state index contributed by atoms with van der Waals surface area (Å²) in [6.45, 7) is 4.79. The largest absolute Gasteiger partial charge is 0.396 e. The van der Waals surface area contributed by atoms with Crippen molar-refractivity contribution in [3.05, 3.63) is 22.2 Å². The molecule has 0 aliphatic rings. The first-order valence-corrected chi connectivity index (χ1v) is 6.57. The molecule has 0 amide bonds. The lowest BCUT2D eigenvalue weighted by Gasteiger charge is -2.24. The molecule has 1 aromatic rings. The van der Waals surface area contributed by atoms with E-state index in [9.17, 15) is 10.1 Å². The molecule has 1 heterocycles. The third-order valence-electron chi connectivity index (χ3n) is 3.07. The van der Waals surface area contributed by atoms with E-state index in [1.54, 1.807) is 13.1 Å². The molecule has 20 heavy (non-hydrogen) atoms. The first kappa shape index (κ1) is 16.2. The molecule has 0 radical (unpaired) electrons. The molecule has 3 N–H and O–H groups in total. The third-order valence-corrected chi connectivity index (χ3v) is 3.07. The molecule has 0 unspecified atom stereocenters. The number of hydrogen-bond donors (Lipinski definition) is 3. The quantitative estimate of drug-likeness (QED) is 0.499. The van der Waals surface area contributed by atoms with E-state index in [1.807, 2.05) is 13.8 Å². The van der Waals surface area contributed by atoms with Crippen molar-refractivity contribution in [3.63, 3.8) is 0 Å². The van der Waals surface area contributed by atoms with Gasteiger partial charge in [-0.15, -0.1) is 0 Å². The Balaban J connectivity index is 2.82. The molecule has 7 nitrogen and oxygen atoms in total. The molecule has 0 spiro atoms. The van der Waals surface area contributed by atoms with E-state index in [4.69, 9.17) is 5.11 Å². The lowest BCUT2D eigenvalue weighted by atomic mass is 9.88. The summed E-state index contributed by atoms with van der Waals surface area (Å²) in [5.74, 6) is 0.838. The number of hydrogen-bond acceptors (Lipinski definition) is 6. The van der Waals surface area contributed by atoms with Gasteiger partial charge in [-0.3, -0.25) is 10.1 Å². The maximum absolute atomic E-state index is 11.0. The minimum absolute atomic E-state index is 0.0399. The second-order valence-electron chi connectivity index (χ2n) is 5.42. The van der Waals surface area contributed by atoms with Crippen molar-refractivity contribution in [2.45, 2.75) is 26.7 Å². The Bertz CT molecular complexity index is 463. The maximum Gasteiger partial charge on any atom is 0.311 e. The fourth-order valence-corrected chi connectivity index (χ4v) is 1.84.